The van der Waals surface area contributed by atoms with Crippen LogP contribution in [0.3, 0.4) is 0 Å². The van der Waals surface area contributed by atoms with Crippen LogP contribution >= 0.6 is 0 Å². The molecule has 3 aromatic heterocycles. The van der Waals surface area contributed by atoms with Crippen molar-refractivity contribution in [2.24, 2.45) is 7.05 Å². The number of fused-ring (bicyclic) bond motifs is 1. The van der Waals surface area contributed by atoms with E-state index in [1.807, 2.05) is 0 Å². The van der Waals surface area contributed by atoms with E-state index in [-0.39, 0.29) is 52.0 Å². The normalized spacial score (nSPS) is 19.0. The summed E-state index contributed by atoms with van der Waals surface area (Å²) in [5.41, 5.74) is 0.725. The Hall–Kier alpha value is -4.07. The average molecular weight is 561 g/mol. The first-order chi connectivity index (χ1) is 18.5. The number of aryl methyl sites for hydroxylation is 1. The number of carbonyl (C=O) groups is 1. The minimum absolute atomic E-state index is 0.0399. The summed E-state index contributed by atoms with van der Waals surface area (Å²) in [4.78, 5) is 24.0. The van der Waals surface area contributed by atoms with E-state index in [9.17, 15) is 22.2 Å². The number of anilines is 2. The Kier molecular flexibility index (Phi) is 6.97. The summed E-state index contributed by atoms with van der Waals surface area (Å²) in [5, 5.41) is 10.5. The van der Waals surface area contributed by atoms with Gasteiger partial charge in [-0.15, -0.1) is 0 Å². The monoisotopic (exact) mass is 560 g/mol. The molecular weight excluding hydrogens is 533 g/mol. The van der Waals surface area contributed by atoms with Crippen molar-refractivity contribution >= 4 is 44.0 Å². The van der Waals surface area contributed by atoms with Crippen molar-refractivity contribution in [3.63, 3.8) is 0 Å². The average Bonchev–Trinajstić information content (AvgIpc) is 3.43. The van der Waals surface area contributed by atoms with Crippen molar-refractivity contribution in [2.75, 3.05) is 16.3 Å². The third-order valence-corrected chi connectivity index (χ3v) is 7.12. The first-order valence-corrected chi connectivity index (χ1v) is 14.3. The maximum atomic E-state index is 14.7. The number of H-pyrrole nitrogens is 1. The number of amides is 1. The predicted molar refractivity (Wildman–Crippen MR) is 144 cm³/mol. The Balaban J connectivity index is 1.29. The molecule has 3 heterocycles. The molecule has 1 aliphatic carbocycles. The van der Waals surface area contributed by atoms with Gasteiger partial charge in [0.25, 0.3) is 5.91 Å². The summed E-state index contributed by atoms with van der Waals surface area (Å²) in [6.45, 7) is 0. The lowest BCUT2D eigenvalue weighted by Gasteiger charge is -2.30. The summed E-state index contributed by atoms with van der Waals surface area (Å²) in [6.07, 6.45) is 6.64. The fourth-order valence-corrected chi connectivity index (χ4v) is 5.34. The van der Waals surface area contributed by atoms with Gasteiger partial charge in [0.15, 0.2) is 23.3 Å². The smallest absolute Gasteiger partial charge is 0.269 e. The molecule has 0 radical (unpaired) electrons. The van der Waals surface area contributed by atoms with Gasteiger partial charge in [0, 0.05) is 64.4 Å². The number of nitrogens with one attached hydrogen (secondary N) is 4. The number of halogens is 3. The minimum atomic E-state index is -2.55. The minimum Gasteiger partial charge on any atom is -0.365 e. The van der Waals surface area contributed by atoms with Crippen LogP contribution in [-0.4, -0.2) is 59.1 Å². The second-order valence-corrected chi connectivity index (χ2v) is 11.9. The van der Waals surface area contributed by atoms with Crippen LogP contribution < -0.4 is 15.4 Å². The number of hydrogen-bond donors (Lipinski definition) is 4. The molecule has 0 spiro atoms. The predicted octanol–water partition coefficient (Wildman–Crippen LogP) is 3.60. The molecule has 1 amide bonds. The number of nitrogens with zero attached hydrogens (tertiary/aromatic N) is 4. The lowest BCUT2D eigenvalue weighted by Crippen LogP contribution is -2.42. The number of aromatic nitrogens is 5. The molecule has 39 heavy (non-hydrogen) atoms. The number of carbonyl (C=O) groups excluding carboxylic acids is 1. The lowest BCUT2D eigenvalue weighted by atomic mass is 9.91. The molecule has 1 unspecified atom stereocenters. The highest BCUT2D eigenvalue weighted by molar-refractivity contribution is 8.00. The lowest BCUT2D eigenvalue weighted by molar-refractivity contribution is 0.0917. The zero-order valence-electron chi connectivity index (χ0n) is 21.2. The van der Waals surface area contributed by atoms with Gasteiger partial charge >= 0.3 is 0 Å². The number of hydrogen-bond acceptors (Lipinski definition) is 6. The standard InChI is InChI=1S/C25H27F3N8O2S/c1-36-20(10-21(34-36)35-39(2,3)38)25(37)32-15-6-4-5-14(9-15)31-24-19(28)12-30-23(33-24)17-11-29-22-16(17)7-13(26)8-18(22)27/h7-8,10-12,14-15,29H,2,4-6,9H2,1,3H3,(H,32,37)(H,30,31,33)(H,34,35,38)/t14-,15+,39?/m0/s1. The Morgan fingerprint density at radius 3 is 2.72 bits per heavy atom. The van der Waals surface area contributed by atoms with E-state index in [4.69, 9.17) is 0 Å². The van der Waals surface area contributed by atoms with Crippen molar-refractivity contribution < 1.29 is 22.2 Å². The summed E-state index contributed by atoms with van der Waals surface area (Å²) in [5.74, 6) is 1.36. The number of benzene rings is 1. The van der Waals surface area contributed by atoms with Crippen LogP contribution in [0.5, 0.6) is 0 Å². The fraction of sp³-hybridized carbons (Fsp3) is 0.320. The molecule has 3 atom stereocenters. The summed E-state index contributed by atoms with van der Waals surface area (Å²) in [6, 6.07) is 3.05. The molecule has 0 bridgehead atoms. The Morgan fingerprint density at radius 2 is 1.95 bits per heavy atom. The van der Waals surface area contributed by atoms with Crippen LogP contribution in [0, 0.1) is 17.5 Å². The van der Waals surface area contributed by atoms with Crippen molar-refractivity contribution in [1.82, 2.24) is 30.0 Å². The molecule has 0 aliphatic heterocycles. The molecule has 4 N–H and O–H groups in total. The topological polar surface area (TPSA) is 130 Å². The van der Waals surface area contributed by atoms with E-state index in [1.54, 1.807) is 7.05 Å². The molecule has 10 nitrogen and oxygen atoms in total. The van der Waals surface area contributed by atoms with Crippen LogP contribution in [0.25, 0.3) is 22.3 Å². The van der Waals surface area contributed by atoms with Gasteiger partial charge in [-0.2, -0.15) is 5.10 Å². The van der Waals surface area contributed by atoms with E-state index in [0.717, 1.165) is 31.5 Å². The van der Waals surface area contributed by atoms with Gasteiger partial charge in [-0.05, 0) is 37.6 Å². The van der Waals surface area contributed by atoms with Gasteiger partial charge < -0.3 is 15.6 Å². The maximum Gasteiger partial charge on any atom is 0.269 e. The second-order valence-electron chi connectivity index (χ2n) is 9.73. The molecule has 4 aromatic rings. The highest BCUT2D eigenvalue weighted by Crippen LogP contribution is 2.30. The second kappa shape index (κ2) is 10.2. The van der Waals surface area contributed by atoms with Crippen LogP contribution in [-0.2, 0) is 16.8 Å². The van der Waals surface area contributed by atoms with Crippen LogP contribution in [0.4, 0.5) is 24.8 Å². The third kappa shape index (κ3) is 5.85. The molecule has 14 heteroatoms. The molecule has 5 rings (SSSR count). The van der Waals surface area contributed by atoms with E-state index in [1.165, 1.54) is 29.3 Å². The zero-order chi connectivity index (χ0) is 27.9. The molecule has 1 fully saturated rings. The van der Waals surface area contributed by atoms with Gasteiger partial charge in [0.2, 0.25) is 0 Å². The highest BCUT2D eigenvalue weighted by Gasteiger charge is 2.26. The summed E-state index contributed by atoms with van der Waals surface area (Å²) >= 11 is 0. The van der Waals surface area contributed by atoms with Gasteiger partial charge in [-0.25, -0.2) is 27.3 Å². The van der Waals surface area contributed by atoms with Crippen molar-refractivity contribution in [1.29, 1.82) is 0 Å². The molecule has 1 saturated carbocycles. The quantitative estimate of drug-likeness (QED) is 0.256. The molecule has 1 aromatic carbocycles. The molecule has 1 aliphatic rings. The third-order valence-electron chi connectivity index (χ3n) is 6.47. The van der Waals surface area contributed by atoms with E-state index in [2.05, 4.69) is 41.3 Å². The highest BCUT2D eigenvalue weighted by atomic mass is 32.2. The van der Waals surface area contributed by atoms with Gasteiger partial charge in [-0.1, -0.05) is 0 Å². The maximum absolute atomic E-state index is 14.7. The van der Waals surface area contributed by atoms with Crippen LogP contribution in [0.1, 0.15) is 36.2 Å². The van der Waals surface area contributed by atoms with Crippen LogP contribution in [0.15, 0.2) is 30.6 Å². The van der Waals surface area contributed by atoms with Crippen molar-refractivity contribution in [3.8, 4) is 11.4 Å². The van der Waals surface area contributed by atoms with Crippen molar-refractivity contribution in [2.45, 2.75) is 37.8 Å². The molecule has 0 saturated heterocycles. The summed E-state index contributed by atoms with van der Waals surface area (Å²) < 4.78 is 58.6. The van der Waals surface area contributed by atoms with E-state index in [0.29, 0.717) is 12.0 Å². The van der Waals surface area contributed by atoms with Gasteiger partial charge in [0.05, 0.1) is 11.7 Å². The Bertz CT molecular complexity index is 1670. The Labute approximate surface area is 222 Å². The zero-order valence-corrected chi connectivity index (χ0v) is 22.0. The van der Waals surface area contributed by atoms with E-state index >= 15 is 0 Å². The fourth-order valence-electron chi connectivity index (χ4n) is 4.79. The SMILES string of the molecule is C=S(C)(=O)Nc1cc(C(=O)N[C@@H]2CCC[C@H](Nc3nc(-c4c[nH]c5c(F)cc(F)cc45)ncc3F)C2)n(C)n1. The largest absolute Gasteiger partial charge is 0.365 e. The number of rotatable bonds is 7. The van der Waals surface area contributed by atoms with Crippen molar-refractivity contribution in [3.05, 3.63) is 53.7 Å². The van der Waals surface area contributed by atoms with Gasteiger partial charge in [-0.3, -0.25) is 14.2 Å². The summed E-state index contributed by atoms with van der Waals surface area (Å²) in [7, 11) is -0.939. The first kappa shape index (κ1) is 26.5. The number of aromatic amines is 1. The van der Waals surface area contributed by atoms with Gasteiger partial charge in [0.1, 0.15) is 17.3 Å². The molecule has 206 valence electrons. The van der Waals surface area contributed by atoms with E-state index < -0.39 is 27.2 Å². The molecular formula is C25H27F3N8O2S. The first-order valence-electron chi connectivity index (χ1n) is 12.2. The van der Waals surface area contributed by atoms with Crippen LogP contribution in [0.2, 0.25) is 0 Å². The Morgan fingerprint density at radius 1 is 1.18 bits per heavy atom.